The van der Waals surface area contributed by atoms with Crippen LogP contribution < -0.4 is 5.32 Å². The standard InChI is InChI=1S/C10H19NO.CH4/c1-8(2)11-10(12)7-9-5-3-4-6-9;/h8-9H,3-7H2,1-2H3,(H,11,12);1H4. The van der Waals surface area contributed by atoms with E-state index in [1.165, 1.54) is 25.7 Å². The molecule has 1 rings (SSSR count). The van der Waals surface area contributed by atoms with E-state index in [9.17, 15) is 4.79 Å². The minimum Gasteiger partial charge on any atom is -0.354 e. The third kappa shape index (κ3) is 4.91. The molecule has 0 aromatic heterocycles. The number of rotatable bonds is 3. The lowest BCUT2D eigenvalue weighted by Gasteiger charge is -2.11. The van der Waals surface area contributed by atoms with Crippen molar-refractivity contribution >= 4 is 5.91 Å². The van der Waals surface area contributed by atoms with Crippen molar-refractivity contribution in [2.45, 2.75) is 59.4 Å². The van der Waals surface area contributed by atoms with E-state index in [0.717, 1.165) is 6.42 Å². The van der Waals surface area contributed by atoms with Gasteiger partial charge >= 0.3 is 0 Å². The Labute approximate surface area is 82.1 Å². The normalized spacial score (nSPS) is 17.2. The van der Waals surface area contributed by atoms with E-state index < -0.39 is 0 Å². The van der Waals surface area contributed by atoms with Crippen LogP contribution in [0.25, 0.3) is 0 Å². The van der Waals surface area contributed by atoms with Crippen LogP contribution in [-0.2, 0) is 4.79 Å². The Morgan fingerprint density at radius 2 is 1.92 bits per heavy atom. The van der Waals surface area contributed by atoms with Gasteiger partial charge in [0.15, 0.2) is 0 Å². The highest BCUT2D eigenvalue weighted by Gasteiger charge is 2.18. The lowest BCUT2D eigenvalue weighted by Crippen LogP contribution is -2.31. The van der Waals surface area contributed by atoms with Gasteiger partial charge in [0.1, 0.15) is 0 Å². The van der Waals surface area contributed by atoms with Crippen LogP contribution in [0.15, 0.2) is 0 Å². The van der Waals surface area contributed by atoms with Crippen LogP contribution in [0.1, 0.15) is 53.4 Å². The molecule has 13 heavy (non-hydrogen) atoms. The van der Waals surface area contributed by atoms with Crippen molar-refractivity contribution in [3.8, 4) is 0 Å². The Bertz CT molecular complexity index is 148. The lowest BCUT2D eigenvalue weighted by molar-refractivity contribution is -0.122. The van der Waals surface area contributed by atoms with Crippen LogP contribution in [0, 0.1) is 5.92 Å². The van der Waals surface area contributed by atoms with Crippen LogP contribution in [0.2, 0.25) is 0 Å². The quantitative estimate of drug-likeness (QED) is 0.719. The summed E-state index contributed by atoms with van der Waals surface area (Å²) in [5.74, 6) is 0.903. The van der Waals surface area contributed by atoms with Crippen molar-refractivity contribution in [2.75, 3.05) is 0 Å². The molecule has 0 aromatic rings. The fraction of sp³-hybridized carbons (Fsp3) is 0.909. The number of hydrogen-bond acceptors (Lipinski definition) is 1. The average Bonchev–Trinajstić information content (AvgIpc) is 2.37. The first kappa shape index (κ1) is 12.5. The van der Waals surface area contributed by atoms with Gasteiger partial charge in [0.05, 0.1) is 0 Å². The van der Waals surface area contributed by atoms with Gasteiger partial charge in [-0.25, -0.2) is 0 Å². The van der Waals surface area contributed by atoms with Crippen molar-refractivity contribution in [2.24, 2.45) is 5.92 Å². The maximum absolute atomic E-state index is 11.3. The summed E-state index contributed by atoms with van der Waals surface area (Å²) < 4.78 is 0. The van der Waals surface area contributed by atoms with Gasteiger partial charge in [-0.3, -0.25) is 4.79 Å². The fourth-order valence-corrected chi connectivity index (χ4v) is 1.86. The lowest BCUT2D eigenvalue weighted by atomic mass is 10.0. The molecule has 0 atom stereocenters. The van der Waals surface area contributed by atoms with Crippen molar-refractivity contribution in [3.63, 3.8) is 0 Å². The molecule has 0 aromatic carbocycles. The summed E-state index contributed by atoms with van der Waals surface area (Å²) in [5.41, 5.74) is 0. The van der Waals surface area contributed by atoms with Gasteiger partial charge in [-0.15, -0.1) is 0 Å². The minimum atomic E-state index is 0. The third-order valence-electron chi connectivity index (χ3n) is 2.40. The van der Waals surface area contributed by atoms with Crippen molar-refractivity contribution in [1.82, 2.24) is 5.32 Å². The SMILES string of the molecule is C.CC(C)NC(=O)CC1CCCC1. The van der Waals surface area contributed by atoms with Gasteiger partial charge < -0.3 is 5.32 Å². The van der Waals surface area contributed by atoms with E-state index >= 15 is 0 Å². The summed E-state index contributed by atoms with van der Waals surface area (Å²) in [7, 11) is 0. The third-order valence-corrected chi connectivity index (χ3v) is 2.40. The Hall–Kier alpha value is -0.530. The molecule has 0 bridgehead atoms. The fourth-order valence-electron chi connectivity index (χ4n) is 1.86. The predicted octanol–water partition coefficient (Wildman–Crippen LogP) is 2.73. The number of carbonyl (C=O) groups is 1. The Morgan fingerprint density at radius 1 is 1.38 bits per heavy atom. The van der Waals surface area contributed by atoms with E-state index in [-0.39, 0.29) is 13.3 Å². The number of hydrogen-bond donors (Lipinski definition) is 1. The highest BCUT2D eigenvalue weighted by molar-refractivity contribution is 5.76. The first-order valence-electron chi connectivity index (χ1n) is 4.98. The molecule has 1 fully saturated rings. The van der Waals surface area contributed by atoms with Crippen molar-refractivity contribution < 1.29 is 4.79 Å². The molecule has 0 heterocycles. The molecule has 78 valence electrons. The molecule has 0 aliphatic heterocycles. The van der Waals surface area contributed by atoms with Gasteiger partial charge in [-0.2, -0.15) is 0 Å². The van der Waals surface area contributed by atoms with Gasteiger partial charge in [0.2, 0.25) is 5.91 Å². The van der Waals surface area contributed by atoms with E-state index in [2.05, 4.69) is 5.32 Å². The molecule has 1 aliphatic carbocycles. The highest BCUT2D eigenvalue weighted by Crippen LogP contribution is 2.27. The summed E-state index contributed by atoms with van der Waals surface area (Å²) in [4.78, 5) is 11.3. The zero-order valence-corrected chi connectivity index (χ0v) is 8.10. The van der Waals surface area contributed by atoms with Crippen molar-refractivity contribution in [1.29, 1.82) is 0 Å². The summed E-state index contributed by atoms with van der Waals surface area (Å²) in [6.07, 6.45) is 5.90. The average molecular weight is 185 g/mol. The summed E-state index contributed by atoms with van der Waals surface area (Å²) in [6, 6.07) is 0.291. The minimum absolute atomic E-state index is 0. The zero-order chi connectivity index (χ0) is 8.97. The first-order valence-corrected chi connectivity index (χ1v) is 4.98. The molecule has 1 N–H and O–H groups in total. The van der Waals surface area contributed by atoms with Crippen LogP contribution in [0.5, 0.6) is 0 Å². The van der Waals surface area contributed by atoms with E-state index in [0.29, 0.717) is 12.0 Å². The molecule has 0 radical (unpaired) electrons. The second-order valence-corrected chi connectivity index (χ2v) is 4.08. The number of nitrogens with one attached hydrogen (secondary N) is 1. The summed E-state index contributed by atoms with van der Waals surface area (Å²) >= 11 is 0. The van der Waals surface area contributed by atoms with Crippen LogP contribution in [0.3, 0.4) is 0 Å². The number of carbonyl (C=O) groups excluding carboxylic acids is 1. The van der Waals surface area contributed by atoms with Gasteiger partial charge in [-0.05, 0) is 32.6 Å². The van der Waals surface area contributed by atoms with Gasteiger partial charge in [0, 0.05) is 12.5 Å². The summed E-state index contributed by atoms with van der Waals surface area (Å²) in [5, 5.41) is 2.93. The van der Waals surface area contributed by atoms with Crippen molar-refractivity contribution in [3.05, 3.63) is 0 Å². The molecule has 2 nitrogen and oxygen atoms in total. The Morgan fingerprint density at radius 3 is 2.38 bits per heavy atom. The van der Waals surface area contributed by atoms with E-state index in [1.807, 2.05) is 13.8 Å². The van der Waals surface area contributed by atoms with Crippen LogP contribution >= 0.6 is 0 Å². The van der Waals surface area contributed by atoms with E-state index in [4.69, 9.17) is 0 Å². The second kappa shape index (κ2) is 6.01. The molecule has 0 saturated heterocycles. The molecular formula is C11H23NO. The smallest absolute Gasteiger partial charge is 0.220 e. The number of amides is 1. The molecular weight excluding hydrogens is 162 g/mol. The summed E-state index contributed by atoms with van der Waals surface area (Å²) in [6.45, 7) is 4.01. The second-order valence-electron chi connectivity index (χ2n) is 4.08. The Kier molecular flexibility index (Phi) is 5.76. The van der Waals surface area contributed by atoms with Crippen LogP contribution in [0.4, 0.5) is 0 Å². The van der Waals surface area contributed by atoms with Gasteiger partial charge in [0.25, 0.3) is 0 Å². The maximum atomic E-state index is 11.3. The highest BCUT2D eigenvalue weighted by atomic mass is 16.1. The first-order chi connectivity index (χ1) is 5.68. The van der Waals surface area contributed by atoms with Gasteiger partial charge in [-0.1, -0.05) is 20.3 Å². The van der Waals surface area contributed by atoms with E-state index in [1.54, 1.807) is 0 Å². The monoisotopic (exact) mass is 185 g/mol. The zero-order valence-electron chi connectivity index (χ0n) is 8.10. The Balaban J connectivity index is 0.00000144. The molecule has 1 saturated carbocycles. The molecule has 1 amide bonds. The molecule has 0 unspecified atom stereocenters. The molecule has 1 aliphatic rings. The topological polar surface area (TPSA) is 29.1 Å². The predicted molar refractivity (Wildman–Crippen MR) is 56.6 cm³/mol. The molecule has 0 spiro atoms. The molecule has 2 heteroatoms. The van der Waals surface area contributed by atoms with Crippen LogP contribution in [-0.4, -0.2) is 11.9 Å². The largest absolute Gasteiger partial charge is 0.354 e. The maximum Gasteiger partial charge on any atom is 0.220 e.